The van der Waals surface area contributed by atoms with E-state index in [9.17, 15) is 13.2 Å². The molecule has 2 aromatic rings. The number of fused-ring (bicyclic) bond motifs is 1. The van der Waals surface area contributed by atoms with Crippen LogP contribution < -0.4 is 10.2 Å². The molecule has 37 heavy (non-hydrogen) atoms. The molecule has 1 atom stereocenters. The van der Waals surface area contributed by atoms with Gasteiger partial charge >= 0.3 is 0 Å². The zero-order valence-corrected chi connectivity index (χ0v) is 22.6. The highest BCUT2D eigenvalue weighted by Crippen LogP contribution is 2.40. The summed E-state index contributed by atoms with van der Waals surface area (Å²) in [6, 6.07) is 0. The number of hydrogen-bond donors (Lipinski definition) is 1. The standard InChI is InChI=1S/C25H36N6O5S/c1-17-14-20(32)29-22-21(17)24(27-16-26-22)30-8-4-18(5-9-30)23-28-19(25(2)6-11-35-12-7-25)15-31(23)10-13-36-37(3,33)34/h15-18H,4-14H2,1-3H3,(H,26,27,29,32)/t17-/m1/s1. The molecule has 2 saturated heterocycles. The lowest BCUT2D eigenvalue weighted by molar-refractivity contribution is -0.116. The normalized spacial score (nSPS) is 22.5. The monoisotopic (exact) mass is 532 g/mol. The summed E-state index contributed by atoms with van der Waals surface area (Å²) in [5.41, 5.74) is 1.99. The first-order chi connectivity index (χ1) is 17.6. The Morgan fingerprint density at radius 1 is 1.22 bits per heavy atom. The lowest BCUT2D eigenvalue weighted by Crippen LogP contribution is -2.36. The number of aromatic nitrogens is 4. The van der Waals surface area contributed by atoms with Crippen LogP contribution in [0.5, 0.6) is 0 Å². The van der Waals surface area contributed by atoms with Crippen LogP contribution in [0.4, 0.5) is 11.6 Å². The van der Waals surface area contributed by atoms with E-state index >= 15 is 0 Å². The SMILES string of the molecule is C[C@@H]1CC(=O)Nc2ncnc(N3CCC(c4nc(C5(C)CCOCC5)cn4CCOS(C)(=O)=O)CC3)c21. The second kappa shape index (κ2) is 10.3. The van der Waals surface area contributed by atoms with Gasteiger partial charge in [-0.1, -0.05) is 13.8 Å². The third-order valence-corrected chi connectivity index (χ3v) is 8.51. The predicted octanol–water partition coefficient (Wildman–Crippen LogP) is 2.55. The van der Waals surface area contributed by atoms with Crippen molar-refractivity contribution in [2.45, 2.75) is 69.7 Å². The molecule has 0 spiro atoms. The fourth-order valence-electron chi connectivity index (χ4n) is 5.70. The highest BCUT2D eigenvalue weighted by atomic mass is 32.2. The first-order valence-electron chi connectivity index (χ1n) is 13.0. The van der Waals surface area contributed by atoms with Crippen LogP contribution in [0.1, 0.15) is 74.9 Å². The number of carbonyl (C=O) groups is 1. The molecule has 0 bridgehead atoms. The van der Waals surface area contributed by atoms with E-state index < -0.39 is 10.1 Å². The van der Waals surface area contributed by atoms with E-state index in [1.165, 1.54) is 6.33 Å². The van der Waals surface area contributed by atoms with Gasteiger partial charge in [-0.3, -0.25) is 8.98 Å². The number of anilines is 2. The van der Waals surface area contributed by atoms with Crippen molar-refractivity contribution in [2.75, 3.05) is 49.4 Å². The fraction of sp³-hybridized carbons (Fsp3) is 0.680. The number of hydrogen-bond acceptors (Lipinski definition) is 9. The summed E-state index contributed by atoms with van der Waals surface area (Å²) in [6.45, 7) is 7.84. The Morgan fingerprint density at radius 2 is 1.95 bits per heavy atom. The van der Waals surface area contributed by atoms with Gasteiger partial charge in [-0.2, -0.15) is 8.42 Å². The van der Waals surface area contributed by atoms with Gasteiger partial charge in [0.2, 0.25) is 5.91 Å². The molecular weight excluding hydrogens is 496 g/mol. The van der Waals surface area contributed by atoms with Crippen molar-refractivity contribution in [1.82, 2.24) is 19.5 Å². The van der Waals surface area contributed by atoms with E-state index in [2.05, 4.69) is 37.9 Å². The van der Waals surface area contributed by atoms with Crippen LogP contribution in [0, 0.1) is 0 Å². The highest BCUT2D eigenvalue weighted by Gasteiger charge is 2.35. The van der Waals surface area contributed by atoms with Gasteiger partial charge in [0, 0.05) is 62.4 Å². The number of carbonyl (C=O) groups excluding carboxylic acids is 1. The van der Waals surface area contributed by atoms with E-state index in [0.717, 1.165) is 81.1 Å². The van der Waals surface area contributed by atoms with Crippen LogP contribution >= 0.6 is 0 Å². The highest BCUT2D eigenvalue weighted by molar-refractivity contribution is 7.85. The zero-order valence-electron chi connectivity index (χ0n) is 21.8. The lowest BCUT2D eigenvalue weighted by atomic mass is 9.80. The molecule has 3 aliphatic rings. The number of nitrogens with one attached hydrogen (secondary N) is 1. The molecular formula is C25H36N6O5S. The Bertz CT molecular complexity index is 1250. The number of amides is 1. The minimum atomic E-state index is -3.51. The van der Waals surface area contributed by atoms with Crippen molar-refractivity contribution in [3.63, 3.8) is 0 Å². The smallest absolute Gasteiger partial charge is 0.264 e. The van der Waals surface area contributed by atoms with Crippen LogP contribution in [0.15, 0.2) is 12.5 Å². The van der Waals surface area contributed by atoms with Gasteiger partial charge in [0.15, 0.2) is 0 Å². The van der Waals surface area contributed by atoms with Crippen LogP contribution in [-0.4, -0.2) is 73.0 Å². The van der Waals surface area contributed by atoms with E-state index in [0.29, 0.717) is 18.8 Å². The Morgan fingerprint density at radius 3 is 2.65 bits per heavy atom. The van der Waals surface area contributed by atoms with Crippen LogP contribution in [0.3, 0.4) is 0 Å². The van der Waals surface area contributed by atoms with Crippen molar-refractivity contribution in [3.8, 4) is 0 Å². The van der Waals surface area contributed by atoms with Crippen molar-refractivity contribution >= 4 is 27.7 Å². The molecule has 12 heteroatoms. The molecule has 0 unspecified atom stereocenters. The van der Waals surface area contributed by atoms with Crippen LogP contribution in [-0.2, 0) is 35.8 Å². The first kappa shape index (κ1) is 26.1. The number of imidazole rings is 1. The lowest BCUT2D eigenvalue weighted by Gasteiger charge is -2.35. The molecule has 5 heterocycles. The van der Waals surface area contributed by atoms with Gasteiger partial charge in [-0.15, -0.1) is 0 Å². The Kier molecular flexibility index (Phi) is 7.25. The Balaban J connectivity index is 1.35. The van der Waals surface area contributed by atoms with Gasteiger partial charge in [0.25, 0.3) is 10.1 Å². The van der Waals surface area contributed by atoms with Gasteiger partial charge in [0.05, 0.1) is 18.6 Å². The second-order valence-corrected chi connectivity index (χ2v) is 12.4. The Hall–Kier alpha value is -2.57. The first-order valence-corrected chi connectivity index (χ1v) is 14.8. The quantitative estimate of drug-likeness (QED) is 0.535. The topological polar surface area (TPSA) is 129 Å². The van der Waals surface area contributed by atoms with Gasteiger partial charge in [-0.05, 0) is 31.6 Å². The minimum Gasteiger partial charge on any atom is -0.381 e. The molecule has 11 nitrogen and oxygen atoms in total. The third kappa shape index (κ3) is 5.65. The van der Waals surface area contributed by atoms with Gasteiger partial charge < -0.3 is 19.5 Å². The molecule has 0 saturated carbocycles. The summed E-state index contributed by atoms with van der Waals surface area (Å²) in [4.78, 5) is 28.3. The van der Waals surface area contributed by atoms with Crippen molar-refractivity contribution in [2.24, 2.45) is 0 Å². The molecule has 0 aromatic carbocycles. The number of ether oxygens (including phenoxy) is 1. The molecule has 0 radical (unpaired) electrons. The number of rotatable bonds is 7. The summed E-state index contributed by atoms with van der Waals surface area (Å²) in [5.74, 6) is 2.80. The summed E-state index contributed by atoms with van der Waals surface area (Å²) in [7, 11) is -3.51. The van der Waals surface area contributed by atoms with Crippen molar-refractivity contribution in [3.05, 3.63) is 29.6 Å². The predicted molar refractivity (Wildman–Crippen MR) is 138 cm³/mol. The Labute approximate surface area is 218 Å². The largest absolute Gasteiger partial charge is 0.381 e. The van der Waals surface area contributed by atoms with E-state index in [-0.39, 0.29) is 29.8 Å². The third-order valence-electron chi connectivity index (χ3n) is 7.92. The summed E-state index contributed by atoms with van der Waals surface area (Å²) >= 11 is 0. The molecule has 202 valence electrons. The van der Waals surface area contributed by atoms with Crippen molar-refractivity contribution < 1.29 is 22.1 Å². The van der Waals surface area contributed by atoms with Crippen molar-refractivity contribution in [1.29, 1.82) is 0 Å². The molecule has 1 N–H and O–H groups in total. The fourth-order valence-corrected chi connectivity index (χ4v) is 6.07. The summed E-state index contributed by atoms with van der Waals surface area (Å²) in [5, 5.41) is 2.89. The van der Waals surface area contributed by atoms with Crippen LogP contribution in [0.25, 0.3) is 0 Å². The minimum absolute atomic E-state index is 0.0101. The molecule has 2 aromatic heterocycles. The molecule has 2 fully saturated rings. The maximum Gasteiger partial charge on any atom is 0.264 e. The number of nitrogens with zero attached hydrogens (tertiary/aromatic N) is 5. The second-order valence-electron chi connectivity index (χ2n) is 10.8. The van der Waals surface area contributed by atoms with Gasteiger partial charge in [-0.25, -0.2) is 15.0 Å². The van der Waals surface area contributed by atoms with Gasteiger partial charge in [0.1, 0.15) is 23.8 Å². The molecule has 0 aliphatic carbocycles. The maximum absolute atomic E-state index is 12.0. The molecule has 1 amide bonds. The number of piperidine rings is 1. The van der Waals surface area contributed by atoms with E-state index in [1.807, 2.05) is 6.92 Å². The molecule has 5 rings (SSSR count). The van der Waals surface area contributed by atoms with E-state index in [4.69, 9.17) is 13.9 Å². The summed E-state index contributed by atoms with van der Waals surface area (Å²) in [6.07, 6.45) is 8.72. The average molecular weight is 533 g/mol. The molecule has 3 aliphatic heterocycles. The maximum atomic E-state index is 12.0. The average Bonchev–Trinajstić information content (AvgIpc) is 3.28. The zero-order chi connectivity index (χ0) is 26.2. The van der Waals surface area contributed by atoms with Crippen LogP contribution in [0.2, 0.25) is 0 Å². The van der Waals surface area contributed by atoms with E-state index in [1.54, 1.807) is 0 Å². The summed E-state index contributed by atoms with van der Waals surface area (Å²) < 4.78 is 35.8.